The Labute approximate surface area is 79.4 Å². The van der Waals surface area contributed by atoms with Crippen LogP contribution in [0.4, 0.5) is 0 Å². The molecule has 0 saturated heterocycles. The minimum absolute atomic E-state index is 0.197. The van der Waals surface area contributed by atoms with Crippen LogP contribution in [0.3, 0.4) is 0 Å². The second kappa shape index (κ2) is 4.85. The Kier molecular flexibility index (Phi) is 3.74. The molecule has 0 aromatic carbocycles. The van der Waals surface area contributed by atoms with Gasteiger partial charge in [0.1, 0.15) is 0 Å². The van der Waals surface area contributed by atoms with E-state index >= 15 is 0 Å². The molecule has 1 N–H and O–H groups in total. The first kappa shape index (κ1) is 10.0. The Hall–Kier alpha value is -1.05. The molecule has 2 nitrogen and oxygen atoms in total. The van der Waals surface area contributed by atoms with Gasteiger partial charge in [-0.3, -0.25) is 4.79 Å². The molecule has 0 atom stereocenters. The van der Waals surface area contributed by atoms with Gasteiger partial charge in [0.15, 0.2) is 5.78 Å². The van der Waals surface area contributed by atoms with Crippen molar-refractivity contribution in [3.8, 4) is 0 Å². The van der Waals surface area contributed by atoms with Gasteiger partial charge in [-0.05, 0) is 24.5 Å². The predicted molar refractivity (Wildman–Crippen MR) is 54.0 cm³/mol. The molecule has 2 heteroatoms. The van der Waals surface area contributed by atoms with Gasteiger partial charge in [-0.15, -0.1) is 0 Å². The molecule has 0 saturated carbocycles. The van der Waals surface area contributed by atoms with Crippen molar-refractivity contribution in [2.45, 2.75) is 39.5 Å². The van der Waals surface area contributed by atoms with Crippen molar-refractivity contribution in [1.82, 2.24) is 4.98 Å². The molecule has 0 aliphatic rings. The average Bonchev–Trinajstić information content (AvgIpc) is 2.62. The summed E-state index contributed by atoms with van der Waals surface area (Å²) < 4.78 is 0. The lowest BCUT2D eigenvalue weighted by atomic mass is 10.1. The van der Waals surface area contributed by atoms with Gasteiger partial charge in [0.25, 0.3) is 0 Å². The van der Waals surface area contributed by atoms with Crippen molar-refractivity contribution in [2.24, 2.45) is 0 Å². The maximum Gasteiger partial charge on any atom is 0.178 e. The molecule has 1 heterocycles. The molecule has 1 aromatic heterocycles. The highest BCUT2D eigenvalue weighted by Crippen LogP contribution is 2.09. The third-order valence-corrected chi connectivity index (χ3v) is 2.18. The van der Waals surface area contributed by atoms with E-state index in [1.165, 1.54) is 18.4 Å². The molecule has 0 amide bonds. The van der Waals surface area contributed by atoms with Crippen molar-refractivity contribution >= 4 is 5.78 Å². The first-order valence-electron chi connectivity index (χ1n) is 4.98. The number of rotatable bonds is 5. The van der Waals surface area contributed by atoms with Crippen LogP contribution in [-0.2, 0) is 6.42 Å². The fraction of sp³-hybridized carbons (Fsp3) is 0.545. The first-order chi connectivity index (χ1) is 6.27. The third-order valence-electron chi connectivity index (χ3n) is 2.18. The summed E-state index contributed by atoms with van der Waals surface area (Å²) in [6.45, 7) is 4.06. The summed E-state index contributed by atoms with van der Waals surface area (Å²) in [5, 5.41) is 0. The summed E-state index contributed by atoms with van der Waals surface area (Å²) in [5.41, 5.74) is 2.01. The summed E-state index contributed by atoms with van der Waals surface area (Å²) in [6.07, 6.45) is 5.98. The van der Waals surface area contributed by atoms with Gasteiger partial charge in [0.05, 0.1) is 5.69 Å². The summed E-state index contributed by atoms with van der Waals surface area (Å²) in [6, 6.07) is 1.97. The SMILES string of the molecule is CCCCc1c[nH]c(C(=O)CC)c1. The van der Waals surface area contributed by atoms with Crippen molar-refractivity contribution < 1.29 is 4.79 Å². The molecule has 72 valence electrons. The van der Waals surface area contributed by atoms with Crippen LogP contribution in [-0.4, -0.2) is 10.8 Å². The average molecular weight is 179 g/mol. The number of unbranched alkanes of at least 4 members (excludes halogenated alkanes) is 1. The molecule has 0 aliphatic carbocycles. The van der Waals surface area contributed by atoms with Gasteiger partial charge < -0.3 is 4.98 Å². The Bertz CT molecular complexity index is 275. The summed E-state index contributed by atoms with van der Waals surface area (Å²) >= 11 is 0. The highest BCUT2D eigenvalue weighted by atomic mass is 16.1. The largest absolute Gasteiger partial charge is 0.359 e. The highest BCUT2D eigenvalue weighted by molar-refractivity contribution is 5.94. The second-order valence-electron chi connectivity index (χ2n) is 3.30. The monoisotopic (exact) mass is 179 g/mol. The Morgan fingerprint density at radius 2 is 2.23 bits per heavy atom. The van der Waals surface area contributed by atoms with Crippen LogP contribution in [0, 0.1) is 0 Å². The van der Waals surface area contributed by atoms with Crippen molar-refractivity contribution in [1.29, 1.82) is 0 Å². The van der Waals surface area contributed by atoms with Gasteiger partial charge in [-0.1, -0.05) is 20.3 Å². The molecule has 0 aliphatic heterocycles. The number of nitrogens with one attached hydrogen (secondary N) is 1. The van der Waals surface area contributed by atoms with Gasteiger partial charge in [0.2, 0.25) is 0 Å². The second-order valence-corrected chi connectivity index (χ2v) is 3.30. The van der Waals surface area contributed by atoms with E-state index in [0.29, 0.717) is 6.42 Å². The molecule has 0 bridgehead atoms. The normalized spacial score (nSPS) is 10.3. The van der Waals surface area contributed by atoms with Gasteiger partial charge in [-0.25, -0.2) is 0 Å². The number of aromatic amines is 1. The van der Waals surface area contributed by atoms with E-state index in [2.05, 4.69) is 11.9 Å². The molecule has 0 fully saturated rings. The third kappa shape index (κ3) is 2.72. The van der Waals surface area contributed by atoms with E-state index in [0.717, 1.165) is 12.1 Å². The number of ketones is 1. The first-order valence-corrected chi connectivity index (χ1v) is 4.98. The van der Waals surface area contributed by atoms with E-state index in [1.54, 1.807) is 0 Å². The summed E-state index contributed by atoms with van der Waals surface area (Å²) in [4.78, 5) is 14.3. The lowest BCUT2D eigenvalue weighted by Gasteiger charge is -1.92. The topological polar surface area (TPSA) is 32.9 Å². The molecule has 0 spiro atoms. The molecule has 1 aromatic rings. The zero-order chi connectivity index (χ0) is 9.68. The zero-order valence-corrected chi connectivity index (χ0v) is 8.39. The molecule has 0 radical (unpaired) electrons. The Morgan fingerprint density at radius 1 is 1.46 bits per heavy atom. The van der Waals surface area contributed by atoms with Gasteiger partial charge in [-0.2, -0.15) is 0 Å². The van der Waals surface area contributed by atoms with Crippen LogP contribution < -0.4 is 0 Å². The van der Waals surface area contributed by atoms with Crippen molar-refractivity contribution in [3.63, 3.8) is 0 Å². The van der Waals surface area contributed by atoms with E-state index in [4.69, 9.17) is 0 Å². The molecule has 1 rings (SSSR count). The lowest BCUT2D eigenvalue weighted by Crippen LogP contribution is -1.95. The van der Waals surface area contributed by atoms with Gasteiger partial charge in [0, 0.05) is 12.6 Å². The van der Waals surface area contributed by atoms with Crippen LogP contribution in [0.25, 0.3) is 0 Å². The summed E-state index contributed by atoms with van der Waals surface area (Å²) in [5.74, 6) is 0.197. The highest BCUT2D eigenvalue weighted by Gasteiger charge is 2.05. The van der Waals surface area contributed by atoms with Crippen LogP contribution in [0.1, 0.15) is 49.2 Å². The van der Waals surface area contributed by atoms with Crippen LogP contribution in [0.5, 0.6) is 0 Å². The molecule has 13 heavy (non-hydrogen) atoms. The van der Waals surface area contributed by atoms with Crippen LogP contribution in [0.15, 0.2) is 12.3 Å². The van der Waals surface area contributed by atoms with E-state index in [1.807, 2.05) is 19.2 Å². The fourth-order valence-electron chi connectivity index (χ4n) is 1.32. The maximum absolute atomic E-state index is 11.3. The zero-order valence-electron chi connectivity index (χ0n) is 8.39. The Balaban J connectivity index is 2.58. The number of carbonyl (C=O) groups excluding carboxylic acids is 1. The lowest BCUT2D eigenvalue weighted by molar-refractivity contribution is 0.0984. The quantitative estimate of drug-likeness (QED) is 0.692. The molecular formula is C11H17NO. The number of aryl methyl sites for hydroxylation is 1. The Morgan fingerprint density at radius 3 is 2.85 bits per heavy atom. The van der Waals surface area contributed by atoms with Crippen LogP contribution in [0.2, 0.25) is 0 Å². The standard InChI is InChI=1S/C11H17NO/c1-3-5-6-9-7-10(12-8-9)11(13)4-2/h7-8,12H,3-6H2,1-2H3. The number of aromatic nitrogens is 1. The summed E-state index contributed by atoms with van der Waals surface area (Å²) in [7, 11) is 0. The number of carbonyl (C=O) groups is 1. The minimum Gasteiger partial charge on any atom is -0.359 e. The number of hydrogen-bond donors (Lipinski definition) is 1. The maximum atomic E-state index is 11.3. The van der Waals surface area contributed by atoms with Crippen molar-refractivity contribution in [3.05, 3.63) is 23.5 Å². The number of H-pyrrole nitrogens is 1. The molecular weight excluding hydrogens is 162 g/mol. The van der Waals surface area contributed by atoms with Crippen molar-refractivity contribution in [2.75, 3.05) is 0 Å². The minimum atomic E-state index is 0.197. The van der Waals surface area contributed by atoms with E-state index < -0.39 is 0 Å². The van der Waals surface area contributed by atoms with E-state index in [-0.39, 0.29) is 5.78 Å². The fourth-order valence-corrected chi connectivity index (χ4v) is 1.32. The van der Waals surface area contributed by atoms with Crippen LogP contribution >= 0.6 is 0 Å². The number of hydrogen-bond acceptors (Lipinski definition) is 1. The van der Waals surface area contributed by atoms with Gasteiger partial charge >= 0.3 is 0 Å². The number of Topliss-reactive ketones (excluding diaryl/α,β-unsaturated/α-hetero) is 1. The van der Waals surface area contributed by atoms with E-state index in [9.17, 15) is 4.79 Å². The smallest absolute Gasteiger partial charge is 0.178 e. The predicted octanol–water partition coefficient (Wildman–Crippen LogP) is 2.95. The molecule has 0 unspecified atom stereocenters.